The minimum atomic E-state index is -2.65. The maximum absolute atomic E-state index is 13.0. The molecular weight excluding hydrogens is 396 g/mol. The summed E-state index contributed by atoms with van der Waals surface area (Å²) in [6, 6.07) is 3.10. The smallest absolute Gasteiger partial charge is 0.272 e. The zero-order valence-electron chi connectivity index (χ0n) is 16.4. The summed E-state index contributed by atoms with van der Waals surface area (Å²) in [6.45, 7) is 1.94. The van der Waals surface area contributed by atoms with Gasteiger partial charge in [0.1, 0.15) is 11.7 Å². The third-order valence-electron chi connectivity index (χ3n) is 4.75. The van der Waals surface area contributed by atoms with E-state index in [0.29, 0.717) is 24.6 Å². The van der Waals surface area contributed by atoms with E-state index in [1.807, 2.05) is 17.5 Å². The van der Waals surface area contributed by atoms with Crippen molar-refractivity contribution in [3.05, 3.63) is 48.2 Å². The summed E-state index contributed by atoms with van der Waals surface area (Å²) < 4.78 is 37.9. The average molecular weight is 417 g/mol. The number of carbonyl (C=O) groups excluding carboxylic acids is 1. The molecule has 1 amide bonds. The lowest BCUT2D eigenvalue weighted by Gasteiger charge is -2.32. The molecule has 1 saturated heterocycles. The van der Waals surface area contributed by atoms with Gasteiger partial charge in [-0.25, -0.2) is 23.7 Å². The number of alkyl halides is 2. The Hall–Kier alpha value is -3.30. The van der Waals surface area contributed by atoms with Crippen LogP contribution in [0.25, 0.3) is 5.65 Å². The highest BCUT2D eigenvalue weighted by Crippen LogP contribution is 2.24. The normalized spacial score (nSPS) is 16.8. The molecule has 1 aliphatic rings. The highest BCUT2D eigenvalue weighted by Gasteiger charge is 2.28. The lowest BCUT2D eigenvalue weighted by Crippen LogP contribution is -2.44. The number of nitrogens with zero attached hydrogens (tertiary/aromatic N) is 5. The molecule has 30 heavy (non-hydrogen) atoms. The van der Waals surface area contributed by atoms with Gasteiger partial charge in [-0.2, -0.15) is 0 Å². The van der Waals surface area contributed by atoms with Crippen LogP contribution >= 0.6 is 0 Å². The molecule has 4 heterocycles. The molecule has 0 saturated carbocycles. The van der Waals surface area contributed by atoms with E-state index in [9.17, 15) is 13.6 Å². The van der Waals surface area contributed by atoms with Crippen LogP contribution in [-0.4, -0.2) is 62.4 Å². The van der Waals surface area contributed by atoms with Crippen molar-refractivity contribution < 1.29 is 23.0 Å². The van der Waals surface area contributed by atoms with Crippen molar-refractivity contribution in [3.63, 3.8) is 0 Å². The third-order valence-corrected chi connectivity index (χ3v) is 4.75. The predicted octanol–water partition coefficient (Wildman–Crippen LogP) is 2.76. The van der Waals surface area contributed by atoms with E-state index in [-0.39, 0.29) is 23.5 Å². The molecule has 0 aromatic carbocycles. The van der Waals surface area contributed by atoms with Gasteiger partial charge in [0.25, 0.3) is 18.2 Å². The van der Waals surface area contributed by atoms with Gasteiger partial charge in [-0.05, 0) is 31.9 Å². The quantitative estimate of drug-likeness (QED) is 0.614. The summed E-state index contributed by atoms with van der Waals surface area (Å²) >= 11 is 0. The van der Waals surface area contributed by atoms with Gasteiger partial charge in [0.15, 0.2) is 6.61 Å². The number of ether oxygens (including phenoxy) is 2. The largest absolute Gasteiger partial charge is 0.471 e. The van der Waals surface area contributed by atoms with E-state index in [0.717, 1.165) is 18.5 Å². The standard InChI is InChI=1S/C20H21F2N5O3/c1-13-10-26-9-7-24-19(17(26)25-13)30-14-4-3-8-27(11-14)20(28)15-5-2-6-23-18(15)29-12-16(21)22/h2,5-7,9-10,14,16H,3-4,8,11-12H2,1H3. The highest BCUT2D eigenvalue weighted by molar-refractivity contribution is 5.96. The first-order valence-corrected chi connectivity index (χ1v) is 9.63. The van der Waals surface area contributed by atoms with E-state index in [4.69, 9.17) is 9.47 Å². The second-order valence-electron chi connectivity index (χ2n) is 7.04. The molecule has 4 rings (SSSR count). The zero-order valence-corrected chi connectivity index (χ0v) is 16.4. The Morgan fingerprint density at radius 1 is 1.30 bits per heavy atom. The van der Waals surface area contributed by atoms with Gasteiger partial charge in [-0.3, -0.25) is 4.79 Å². The molecule has 158 valence electrons. The molecule has 10 heteroatoms. The predicted molar refractivity (Wildman–Crippen MR) is 103 cm³/mol. The number of pyridine rings is 1. The number of fused-ring (bicyclic) bond motifs is 1. The van der Waals surface area contributed by atoms with Crippen LogP contribution in [-0.2, 0) is 0 Å². The number of hydrogen-bond acceptors (Lipinski definition) is 6. The third kappa shape index (κ3) is 4.32. The van der Waals surface area contributed by atoms with Crippen LogP contribution < -0.4 is 9.47 Å². The van der Waals surface area contributed by atoms with Crippen LogP contribution in [0, 0.1) is 6.92 Å². The highest BCUT2D eigenvalue weighted by atomic mass is 19.3. The van der Waals surface area contributed by atoms with Crippen LogP contribution in [0.3, 0.4) is 0 Å². The average Bonchev–Trinajstić information content (AvgIpc) is 3.13. The number of rotatable bonds is 6. The fourth-order valence-electron chi connectivity index (χ4n) is 3.46. The first-order chi connectivity index (χ1) is 14.5. The van der Waals surface area contributed by atoms with Crippen molar-refractivity contribution in [2.24, 2.45) is 0 Å². The van der Waals surface area contributed by atoms with Crippen molar-refractivity contribution in [2.45, 2.75) is 32.3 Å². The Labute approximate surface area is 171 Å². The Kier molecular flexibility index (Phi) is 5.73. The summed E-state index contributed by atoms with van der Waals surface area (Å²) in [6.07, 6.45) is 5.29. The Morgan fingerprint density at radius 2 is 2.13 bits per heavy atom. The molecule has 3 aromatic rings. The zero-order chi connectivity index (χ0) is 21.1. The van der Waals surface area contributed by atoms with Crippen LogP contribution in [0.15, 0.2) is 36.9 Å². The molecule has 0 bridgehead atoms. The summed E-state index contributed by atoms with van der Waals surface area (Å²) in [5.74, 6) is -0.0131. The minimum absolute atomic E-state index is 0.0925. The van der Waals surface area contributed by atoms with Gasteiger partial charge >= 0.3 is 0 Å². The van der Waals surface area contributed by atoms with Crippen molar-refractivity contribution in [3.8, 4) is 11.8 Å². The molecule has 0 radical (unpaired) electrons. The Morgan fingerprint density at radius 3 is 2.97 bits per heavy atom. The number of likely N-dealkylation sites (tertiary alicyclic amines) is 1. The number of halogens is 2. The SMILES string of the molecule is Cc1cn2ccnc(OC3CCCN(C(=O)c4cccnc4OCC(F)F)C3)c2n1. The van der Waals surface area contributed by atoms with Crippen LogP contribution in [0.1, 0.15) is 28.9 Å². The van der Waals surface area contributed by atoms with E-state index >= 15 is 0 Å². The fraction of sp³-hybridized carbons (Fsp3) is 0.400. The van der Waals surface area contributed by atoms with E-state index in [1.54, 1.807) is 23.4 Å². The van der Waals surface area contributed by atoms with Crippen LogP contribution in [0.4, 0.5) is 8.78 Å². The Balaban J connectivity index is 1.48. The molecule has 1 unspecified atom stereocenters. The van der Waals surface area contributed by atoms with E-state index in [1.165, 1.54) is 12.3 Å². The van der Waals surface area contributed by atoms with Gasteiger partial charge in [0, 0.05) is 31.3 Å². The maximum atomic E-state index is 13.0. The maximum Gasteiger partial charge on any atom is 0.272 e. The molecule has 1 fully saturated rings. The number of aromatic nitrogens is 4. The fourth-order valence-corrected chi connectivity index (χ4v) is 3.46. The van der Waals surface area contributed by atoms with Crippen LogP contribution in [0.2, 0.25) is 0 Å². The number of amides is 1. The molecule has 8 nitrogen and oxygen atoms in total. The first kappa shape index (κ1) is 20.0. The van der Waals surface area contributed by atoms with Gasteiger partial charge < -0.3 is 18.8 Å². The molecule has 1 aliphatic heterocycles. The summed E-state index contributed by atoms with van der Waals surface area (Å²) in [5, 5.41) is 0. The number of hydrogen-bond donors (Lipinski definition) is 0. The molecule has 3 aromatic heterocycles. The first-order valence-electron chi connectivity index (χ1n) is 9.63. The summed E-state index contributed by atoms with van der Waals surface area (Å²) in [4.78, 5) is 27.3. The number of carbonyl (C=O) groups is 1. The van der Waals surface area contributed by atoms with Gasteiger partial charge in [0.05, 0.1) is 12.2 Å². The summed E-state index contributed by atoms with van der Waals surface area (Å²) in [7, 11) is 0. The van der Waals surface area contributed by atoms with Gasteiger partial charge in [0.2, 0.25) is 11.5 Å². The lowest BCUT2D eigenvalue weighted by molar-refractivity contribution is 0.0513. The lowest BCUT2D eigenvalue weighted by atomic mass is 10.1. The Bertz CT molecular complexity index is 1040. The number of imidazole rings is 1. The van der Waals surface area contributed by atoms with Crippen LogP contribution in [0.5, 0.6) is 11.8 Å². The van der Waals surface area contributed by atoms with E-state index < -0.39 is 13.0 Å². The monoisotopic (exact) mass is 417 g/mol. The van der Waals surface area contributed by atoms with Gasteiger partial charge in [-0.15, -0.1) is 0 Å². The summed E-state index contributed by atoms with van der Waals surface area (Å²) in [5.41, 5.74) is 1.62. The minimum Gasteiger partial charge on any atom is -0.471 e. The van der Waals surface area contributed by atoms with E-state index in [2.05, 4.69) is 15.0 Å². The van der Waals surface area contributed by atoms with Crippen molar-refractivity contribution in [1.29, 1.82) is 0 Å². The van der Waals surface area contributed by atoms with Crippen molar-refractivity contribution in [1.82, 2.24) is 24.3 Å². The molecule has 0 N–H and O–H groups in total. The van der Waals surface area contributed by atoms with Crippen molar-refractivity contribution >= 4 is 11.6 Å². The second-order valence-corrected chi connectivity index (χ2v) is 7.04. The molecule has 1 atom stereocenters. The molecule has 0 spiro atoms. The topological polar surface area (TPSA) is 81.9 Å². The number of aryl methyl sites for hydroxylation is 1. The van der Waals surface area contributed by atoms with Gasteiger partial charge in [-0.1, -0.05) is 0 Å². The number of piperidine rings is 1. The molecule has 0 aliphatic carbocycles. The second kappa shape index (κ2) is 8.60. The van der Waals surface area contributed by atoms with Crippen molar-refractivity contribution in [2.75, 3.05) is 19.7 Å². The molecular formula is C20H21F2N5O3.